The van der Waals surface area contributed by atoms with Crippen molar-refractivity contribution >= 4 is 46.6 Å². The minimum Gasteiger partial charge on any atom is -0.487 e. The lowest BCUT2D eigenvalue weighted by Gasteiger charge is -2.11. The highest BCUT2D eigenvalue weighted by atomic mass is 35.5. The summed E-state index contributed by atoms with van der Waals surface area (Å²) in [5, 5.41) is 11.6. The average Bonchev–Trinajstić information content (AvgIpc) is 2.85. The summed E-state index contributed by atoms with van der Waals surface area (Å²) in [7, 11) is 3.35. The third-order valence-corrected chi connectivity index (χ3v) is 5.08. The molecule has 0 aromatic heterocycles. The van der Waals surface area contributed by atoms with Crippen LogP contribution in [0.25, 0.3) is 6.08 Å². The fourth-order valence-electron chi connectivity index (χ4n) is 2.69. The molecule has 0 atom stereocenters. The Bertz CT molecular complexity index is 1010. The number of hydrogen-bond acceptors (Lipinski definition) is 5. The van der Waals surface area contributed by atoms with Gasteiger partial charge in [-0.15, -0.1) is 0 Å². The first-order valence-corrected chi connectivity index (χ1v) is 8.99. The number of nitro benzene ring substituents is 1. The lowest BCUT2D eigenvalue weighted by molar-refractivity contribution is -0.384. The van der Waals surface area contributed by atoms with Crippen LogP contribution in [0.15, 0.2) is 48.2 Å². The van der Waals surface area contributed by atoms with Crippen molar-refractivity contribution in [1.29, 1.82) is 0 Å². The highest BCUT2D eigenvalue weighted by Crippen LogP contribution is 2.29. The van der Waals surface area contributed by atoms with E-state index in [1.54, 1.807) is 55.4 Å². The van der Waals surface area contributed by atoms with Gasteiger partial charge in [-0.3, -0.25) is 19.8 Å². The van der Waals surface area contributed by atoms with Crippen LogP contribution in [0.4, 0.5) is 5.69 Å². The zero-order chi connectivity index (χ0) is 20.4. The molecule has 28 heavy (non-hydrogen) atoms. The fourth-order valence-corrected chi connectivity index (χ4v) is 3.12. The molecule has 1 heterocycles. The number of rotatable bonds is 5. The van der Waals surface area contributed by atoms with Gasteiger partial charge in [0.2, 0.25) is 0 Å². The molecule has 0 N–H and O–H groups in total. The summed E-state index contributed by atoms with van der Waals surface area (Å²) >= 11 is 11.5. The van der Waals surface area contributed by atoms with Gasteiger partial charge in [-0.1, -0.05) is 29.8 Å². The van der Waals surface area contributed by atoms with Crippen LogP contribution in [0.2, 0.25) is 5.02 Å². The second-order valence-corrected chi connectivity index (χ2v) is 6.91. The lowest BCUT2D eigenvalue weighted by Crippen LogP contribution is -2.26. The molecule has 0 aliphatic carbocycles. The van der Waals surface area contributed by atoms with Gasteiger partial charge >= 0.3 is 0 Å². The van der Waals surface area contributed by atoms with Crippen molar-refractivity contribution in [3.63, 3.8) is 0 Å². The maximum atomic E-state index is 12.2. The number of ether oxygens (including phenoxy) is 1. The van der Waals surface area contributed by atoms with Crippen LogP contribution in [0.1, 0.15) is 11.1 Å². The molecule has 2 aromatic rings. The first kappa shape index (κ1) is 19.8. The molecule has 9 heteroatoms. The van der Waals surface area contributed by atoms with Gasteiger partial charge in [-0.05, 0) is 41.6 Å². The summed E-state index contributed by atoms with van der Waals surface area (Å²) in [6.07, 6.45) is 1.70. The van der Waals surface area contributed by atoms with Crippen LogP contribution in [0, 0.1) is 10.1 Å². The van der Waals surface area contributed by atoms with Gasteiger partial charge < -0.3 is 9.64 Å². The van der Waals surface area contributed by atoms with Crippen molar-refractivity contribution in [2.24, 2.45) is 0 Å². The molecule has 0 radical (unpaired) electrons. The van der Waals surface area contributed by atoms with Crippen molar-refractivity contribution in [2.75, 3.05) is 14.1 Å². The molecule has 1 aliphatic heterocycles. The van der Waals surface area contributed by atoms with Gasteiger partial charge in [0.05, 0.1) is 9.95 Å². The van der Waals surface area contributed by atoms with Gasteiger partial charge in [0.1, 0.15) is 18.1 Å². The molecular weight excluding hydrogens is 402 g/mol. The predicted molar refractivity (Wildman–Crippen MR) is 110 cm³/mol. The molecule has 0 unspecified atom stereocenters. The normalized spacial score (nSPS) is 15.5. The van der Waals surface area contributed by atoms with Crippen LogP contribution in [-0.2, 0) is 11.4 Å². The Morgan fingerprint density at radius 2 is 1.96 bits per heavy atom. The van der Waals surface area contributed by atoms with Crippen LogP contribution >= 0.6 is 23.8 Å². The molecule has 0 bridgehead atoms. The Balaban J connectivity index is 1.75. The monoisotopic (exact) mass is 417 g/mol. The van der Waals surface area contributed by atoms with E-state index < -0.39 is 4.92 Å². The van der Waals surface area contributed by atoms with Gasteiger partial charge in [0, 0.05) is 26.2 Å². The summed E-state index contributed by atoms with van der Waals surface area (Å²) in [4.78, 5) is 25.7. The number of carbonyl (C=O) groups excluding carboxylic acids is 1. The molecule has 0 spiro atoms. The van der Waals surface area contributed by atoms with Crippen LogP contribution in [-0.4, -0.2) is 39.8 Å². The van der Waals surface area contributed by atoms with Gasteiger partial charge in [0.25, 0.3) is 11.6 Å². The zero-order valence-electron chi connectivity index (χ0n) is 15.1. The van der Waals surface area contributed by atoms with E-state index in [1.807, 2.05) is 0 Å². The maximum Gasteiger partial charge on any atom is 0.276 e. The van der Waals surface area contributed by atoms with Crippen LogP contribution < -0.4 is 4.74 Å². The van der Waals surface area contributed by atoms with E-state index in [4.69, 9.17) is 28.6 Å². The second-order valence-electron chi connectivity index (χ2n) is 6.14. The van der Waals surface area contributed by atoms with E-state index in [0.29, 0.717) is 27.1 Å². The molecule has 144 valence electrons. The third kappa shape index (κ3) is 3.97. The molecular formula is C19H16ClN3O4S. The first-order valence-electron chi connectivity index (χ1n) is 8.21. The zero-order valence-corrected chi connectivity index (χ0v) is 16.7. The molecule has 2 aromatic carbocycles. The van der Waals surface area contributed by atoms with Gasteiger partial charge in [-0.2, -0.15) is 0 Å². The number of hydrogen-bond donors (Lipinski definition) is 0. The third-order valence-electron chi connectivity index (χ3n) is 4.23. The van der Waals surface area contributed by atoms with E-state index in [0.717, 1.165) is 5.56 Å². The van der Waals surface area contributed by atoms with Gasteiger partial charge in [-0.25, -0.2) is 0 Å². The number of nitrogens with zero attached hydrogens (tertiary/aromatic N) is 3. The van der Waals surface area contributed by atoms with E-state index in [9.17, 15) is 14.9 Å². The highest BCUT2D eigenvalue weighted by molar-refractivity contribution is 7.80. The number of thiocarbonyl (C=S) groups is 1. The van der Waals surface area contributed by atoms with E-state index in [2.05, 4.69) is 0 Å². The minimum absolute atomic E-state index is 0.00222. The summed E-state index contributed by atoms with van der Waals surface area (Å²) in [5.41, 5.74) is 1.84. The van der Waals surface area contributed by atoms with Crippen molar-refractivity contribution in [3.05, 3.63) is 74.4 Å². The van der Waals surface area contributed by atoms with E-state index in [1.165, 1.54) is 17.0 Å². The predicted octanol–water partition coefficient (Wildman–Crippen LogP) is 3.86. The Kier molecular flexibility index (Phi) is 5.62. The second kappa shape index (κ2) is 7.95. The molecule has 1 fully saturated rings. The fraction of sp³-hybridized carbons (Fsp3) is 0.158. The number of carbonyl (C=O) groups is 1. The number of non-ortho nitro benzene ring substituents is 1. The van der Waals surface area contributed by atoms with Crippen molar-refractivity contribution in [3.8, 4) is 5.75 Å². The molecule has 1 aliphatic rings. The number of benzene rings is 2. The molecule has 1 amide bonds. The Hall–Kier alpha value is -2.97. The lowest BCUT2D eigenvalue weighted by atomic mass is 10.1. The number of nitro groups is 1. The average molecular weight is 418 g/mol. The van der Waals surface area contributed by atoms with E-state index >= 15 is 0 Å². The number of likely N-dealkylation sites (N-methyl/N-ethyl adjacent to an activating group) is 2. The largest absolute Gasteiger partial charge is 0.487 e. The quantitative estimate of drug-likeness (QED) is 0.318. The topological polar surface area (TPSA) is 75.9 Å². The van der Waals surface area contributed by atoms with Crippen LogP contribution in [0.3, 0.4) is 0 Å². The van der Waals surface area contributed by atoms with Gasteiger partial charge in [0.15, 0.2) is 5.11 Å². The van der Waals surface area contributed by atoms with Crippen molar-refractivity contribution < 1.29 is 14.5 Å². The maximum absolute atomic E-state index is 12.2. The van der Waals surface area contributed by atoms with Crippen molar-refractivity contribution in [2.45, 2.75) is 6.61 Å². The summed E-state index contributed by atoms with van der Waals surface area (Å²) < 4.78 is 5.68. The first-order chi connectivity index (χ1) is 13.3. The molecule has 1 saturated heterocycles. The number of halogens is 1. The minimum atomic E-state index is -0.455. The highest BCUT2D eigenvalue weighted by Gasteiger charge is 2.32. The summed E-state index contributed by atoms with van der Waals surface area (Å²) in [5.74, 6) is 0.253. The standard InChI is InChI=1S/C19H16ClN3O4S/c1-21-16(18(24)22(2)19(21)28)10-12-6-7-17(15(20)9-12)27-11-13-4-3-5-14(8-13)23(25)26/h3-10H,11H2,1-2H3/b16-10-. The summed E-state index contributed by atoms with van der Waals surface area (Å²) in [6.45, 7) is 0.141. The smallest absolute Gasteiger partial charge is 0.276 e. The molecule has 7 nitrogen and oxygen atoms in total. The SMILES string of the molecule is CN1C(=O)/C(=C/c2ccc(OCc3cccc([N+](=O)[O-])c3)c(Cl)c2)N(C)C1=S. The molecule has 0 saturated carbocycles. The van der Waals surface area contributed by atoms with Crippen LogP contribution in [0.5, 0.6) is 5.75 Å². The number of amides is 1. The van der Waals surface area contributed by atoms with Crippen molar-refractivity contribution in [1.82, 2.24) is 9.80 Å². The Morgan fingerprint density at radius 1 is 1.21 bits per heavy atom. The summed E-state index contributed by atoms with van der Waals surface area (Å²) in [6, 6.07) is 11.3. The molecule has 3 rings (SSSR count). The Labute approximate surface area is 171 Å². The van der Waals surface area contributed by atoms with E-state index in [-0.39, 0.29) is 18.2 Å². The Morgan fingerprint density at radius 3 is 2.57 bits per heavy atom.